The van der Waals surface area contributed by atoms with Crippen LogP contribution in [0.1, 0.15) is 5.82 Å². The van der Waals surface area contributed by atoms with E-state index in [4.69, 9.17) is 0 Å². The summed E-state index contributed by atoms with van der Waals surface area (Å²) in [6, 6.07) is 3.59. The number of rotatable bonds is 1. The van der Waals surface area contributed by atoms with Crippen LogP contribution in [0.25, 0.3) is 11.3 Å². The lowest BCUT2D eigenvalue weighted by Gasteiger charge is -2.08. The van der Waals surface area contributed by atoms with Crippen molar-refractivity contribution in [3.8, 4) is 11.3 Å². The van der Waals surface area contributed by atoms with Gasteiger partial charge in [0.05, 0.1) is 5.69 Å². The van der Waals surface area contributed by atoms with Gasteiger partial charge in [-0.3, -0.25) is 4.79 Å². The van der Waals surface area contributed by atoms with Crippen molar-refractivity contribution in [3.05, 3.63) is 52.1 Å². The molecule has 0 atom stereocenters. The minimum atomic E-state index is -4.89. The van der Waals surface area contributed by atoms with E-state index in [1.807, 2.05) is 0 Å². The highest BCUT2D eigenvalue weighted by molar-refractivity contribution is 5.59. The molecule has 1 N–H and O–H groups in total. The van der Waals surface area contributed by atoms with Gasteiger partial charge in [0.15, 0.2) is 11.6 Å². The predicted octanol–water partition coefficient (Wildman–Crippen LogP) is 2.73. The molecule has 0 saturated heterocycles. The van der Waals surface area contributed by atoms with E-state index in [0.29, 0.717) is 6.07 Å². The lowest BCUT2D eigenvalue weighted by molar-refractivity contribution is -0.145. The van der Waals surface area contributed by atoms with Gasteiger partial charge in [0.1, 0.15) is 0 Å². The molecular weight excluding hydrogens is 271 g/mol. The number of benzene rings is 1. The predicted molar refractivity (Wildman–Crippen MR) is 55.2 cm³/mol. The maximum Gasteiger partial charge on any atom is 0.449 e. The van der Waals surface area contributed by atoms with Gasteiger partial charge in [-0.05, 0) is 12.1 Å². The van der Waals surface area contributed by atoms with Crippen LogP contribution in [0, 0.1) is 11.6 Å². The van der Waals surface area contributed by atoms with Crippen molar-refractivity contribution in [2.45, 2.75) is 6.18 Å². The Morgan fingerprint density at radius 1 is 1.16 bits per heavy atom. The molecule has 0 unspecified atom stereocenters. The summed E-state index contributed by atoms with van der Waals surface area (Å²) in [7, 11) is 0. The first kappa shape index (κ1) is 13.2. The van der Waals surface area contributed by atoms with Crippen LogP contribution in [-0.4, -0.2) is 9.97 Å². The largest absolute Gasteiger partial charge is 0.449 e. The van der Waals surface area contributed by atoms with Gasteiger partial charge in [-0.2, -0.15) is 13.2 Å². The van der Waals surface area contributed by atoms with Crippen LogP contribution in [-0.2, 0) is 6.18 Å². The SMILES string of the molecule is O=c1cc(-c2cccc(F)c2F)nc(C(F)(F)F)[nH]1. The Kier molecular flexibility index (Phi) is 3.09. The van der Waals surface area contributed by atoms with Crippen LogP contribution < -0.4 is 5.56 Å². The molecule has 0 saturated carbocycles. The van der Waals surface area contributed by atoms with E-state index in [1.165, 1.54) is 4.98 Å². The second-order valence-corrected chi connectivity index (χ2v) is 3.58. The molecule has 0 spiro atoms. The highest BCUT2D eigenvalue weighted by Crippen LogP contribution is 2.28. The Morgan fingerprint density at radius 3 is 2.47 bits per heavy atom. The summed E-state index contributed by atoms with van der Waals surface area (Å²) in [5.41, 5.74) is -2.22. The van der Waals surface area contributed by atoms with Crippen molar-refractivity contribution in [1.82, 2.24) is 9.97 Å². The summed E-state index contributed by atoms with van der Waals surface area (Å²) < 4.78 is 63.8. The van der Waals surface area contributed by atoms with E-state index in [-0.39, 0.29) is 0 Å². The van der Waals surface area contributed by atoms with Crippen molar-refractivity contribution in [2.24, 2.45) is 0 Å². The number of hydrogen-bond acceptors (Lipinski definition) is 2. The molecule has 1 heterocycles. The Balaban J connectivity index is 2.67. The zero-order chi connectivity index (χ0) is 14.2. The highest BCUT2D eigenvalue weighted by atomic mass is 19.4. The molecule has 0 amide bonds. The summed E-state index contributed by atoms with van der Waals surface area (Å²) >= 11 is 0. The summed E-state index contributed by atoms with van der Waals surface area (Å²) in [4.78, 5) is 15.7. The molecule has 0 radical (unpaired) electrons. The Labute approximate surface area is 102 Å². The third-order valence-corrected chi connectivity index (χ3v) is 2.24. The first-order chi connectivity index (χ1) is 8.79. The third kappa shape index (κ3) is 2.61. The fraction of sp³-hybridized carbons (Fsp3) is 0.0909. The normalized spacial score (nSPS) is 11.6. The summed E-state index contributed by atoms with van der Waals surface area (Å²) in [5.74, 6) is -4.18. The first-order valence-corrected chi connectivity index (χ1v) is 4.92. The van der Waals surface area contributed by atoms with Crippen molar-refractivity contribution in [3.63, 3.8) is 0 Å². The van der Waals surface area contributed by atoms with Crippen LogP contribution in [0.3, 0.4) is 0 Å². The second-order valence-electron chi connectivity index (χ2n) is 3.58. The molecule has 0 aliphatic rings. The Hall–Kier alpha value is -2.25. The van der Waals surface area contributed by atoms with Crippen LogP contribution in [0.15, 0.2) is 29.1 Å². The minimum absolute atomic E-state index is 0.517. The Morgan fingerprint density at radius 2 is 1.84 bits per heavy atom. The lowest BCUT2D eigenvalue weighted by Crippen LogP contribution is -2.19. The van der Waals surface area contributed by atoms with Gasteiger partial charge < -0.3 is 4.98 Å². The molecule has 0 fully saturated rings. The molecule has 3 nitrogen and oxygen atoms in total. The Bertz CT molecular complexity index is 678. The number of hydrogen-bond donors (Lipinski definition) is 1. The van der Waals surface area contributed by atoms with E-state index < -0.39 is 40.5 Å². The van der Waals surface area contributed by atoms with Crippen LogP contribution >= 0.6 is 0 Å². The summed E-state index contributed by atoms with van der Waals surface area (Å²) in [6.07, 6.45) is -4.89. The first-order valence-electron chi connectivity index (χ1n) is 4.92. The summed E-state index contributed by atoms with van der Waals surface area (Å²) in [5, 5.41) is 0. The molecule has 2 aromatic rings. The van der Waals surface area contributed by atoms with Crippen LogP contribution in [0.5, 0.6) is 0 Å². The third-order valence-electron chi connectivity index (χ3n) is 2.24. The standard InChI is InChI=1S/C11H5F5N2O/c12-6-3-1-2-5(9(6)13)7-4-8(19)18-10(17-7)11(14,15)16/h1-4H,(H,17,18,19). The van der Waals surface area contributed by atoms with Gasteiger partial charge in [0.25, 0.3) is 5.56 Å². The van der Waals surface area contributed by atoms with Gasteiger partial charge in [-0.15, -0.1) is 0 Å². The average Bonchev–Trinajstić information content (AvgIpc) is 2.31. The zero-order valence-corrected chi connectivity index (χ0v) is 9.05. The molecule has 0 aliphatic heterocycles. The van der Waals surface area contributed by atoms with Crippen molar-refractivity contribution in [1.29, 1.82) is 0 Å². The number of H-pyrrole nitrogens is 1. The fourth-order valence-corrected chi connectivity index (χ4v) is 1.43. The molecule has 1 aromatic carbocycles. The zero-order valence-electron chi connectivity index (χ0n) is 9.05. The van der Waals surface area contributed by atoms with Gasteiger partial charge in [-0.25, -0.2) is 13.8 Å². The smallest absolute Gasteiger partial charge is 0.303 e. The van der Waals surface area contributed by atoms with Crippen molar-refractivity contribution in [2.75, 3.05) is 0 Å². The maximum absolute atomic E-state index is 13.4. The van der Waals surface area contributed by atoms with E-state index in [0.717, 1.165) is 18.2 Å². The van der Waals surface area contributed by atoms with E-state index in [2.05, 4.69) is 4.98 Å². The maximum atomic E-state index is 13.4. The van der Waals surface area contributed by atoms with Gasteiger partial charge in [-0.1, -0.05) is 6.07 Å². The van der Waals surface area contributed by atoms with Crippen LogP contribution in [0.4, 0.5) is 22.0 Å². The quantitative estimate of drug-likeness (QED) is 0.814. The van der Waals surface area contributed by atoms with Gasteiger partial charge >= 0.3 is 6.18 Å². The van der Waals surface area contributed by atoms with E-state index in [9.17, 15) is 26.7 Å². The number of aromatic nitrogens is 2. The fourth-order valence-electron chi connectivity index (χ4n) is 1.43. The molecule has 0 aliphatic carbocycles. The monoisotopic (exact) mass is 276 g/mol. The van der Waals surface area contributed by atoms with Crippen LogP contribution in [0.2, 0.25) is 0 Å². The molecular formula is C11H5F5N2O. The number of halogens is 5. The van der Waals surface area contributed by atoms with Gasteiger partial charge in [0.2, 0.25) is 5.82 Å². The number of nitrogens with one attached hydrogen (secondary N) is 1. The topological polar surface area (TPSA) is 45.8 Å². The second kappa shape index (κ2) is 4.45. The number of nitrogens with zero attached hydrogens (tertiary/aromatic N) is 1. The summed E-state index contributed by atoms with van der Waals surface area (Å²) in [6.45, 7) is 0. The molecule has 19 heavy (non-hydrogen) atoms. The lowest BCUT2D eigenvalue weighted by atomic mass is 10.1. The molecule has 100 valence electrons. The van der Waals surface area contributed by atoms with Crippen molar-refractivity contribution >= 4 is 0 Å². The molecule has 8 heteroatoms. The molecule has 2 rings (SSSR count). The number of alkyl halides is 3. The van der Waals surface area contributed by atoms with Gasteiger partial charge in [0, 0.05) is 11.6 Å². The highest BCUT2D eigenvalue weighted by Gasteiger charge is 2.34. The van der Waals surface area contributed by atoms with E-state index >= 15 is 0 Å². The average molecular weight is 276 g/mol. The number of aromatic amines is 1. The molecule has 0 bridgehead atoms. The van der Waals surface area contributed by atoms with E-state index in [1.54, 1.807) is 0 Å². The van der Waals surface area contributed by atoms with Crippen molar-refractivity contribution < 1.29 is 22.0 Å². The molecule has 1 aromatic heterocycles. The minimum Gasteiger partial charge on any atom is -0.303 e.